The Morgan fingerprint density at radius 3 is 2.50 bits per heavy atom. The maximum absolute atomic E-state index is 9.94. The van der Waals surface area contributed by atoms with E-state index in [2.05, 4.69) is 25.3 Å². The van der Waals surface area contributed by atoms with E-state index in [1.807, 2.05) is 30.4 Å². The molecule has 0 aromatic heterocycles. The summed E-state index contributed by atoms with van der Waals surface area (Å²) in [4.78, 5) is 0. The molecule has 1 nitrogen and oxygen atoms in total. The Morgan fingerprint density at radius 1 is 1.17 bits per heavy atom. The molecule has 0 saturated carbocycles. The van der Waals surface area contributed by atoms with E-state index in [1.165, 1.54) is 5.56 Å². The van der Waals surface area contributed by atoms with E-state index in [1.54, 1.807) is 6.08 Å². The van der Waals surface area contributed by atoms with Crippen molar-refractivity contribution in [1.82, 2.24) is 0 Å². The predicted octanol–water partition coefficient (Wildman–Crippen LogP) is 4.06. The number of rotatable bonds is 8. The van der Waals surface area contributed by atoms with Gasteiger partial charge in [-0.1, -0.05) is 61.7 Å². The SMILES string of the molecule is C=C/C=C(\C=C)CCC(O)CCc1ccccc1. The molecule has 1 atom stereocenters. The first kappa shape index (κ1) is 14.5. The van der Waals surface area contributed by atoms with Crippen molar-refractivity contribution in [2.45, 2.75) is 31.8 Å². The van der Waals surface area contributed by atoms with Crippen molar-refractivity contribution in [3.8, 4) is 0 Å². The summed E-state index contributed by atoms with van der Waals surface area (Å²) >= 11 is 0. The summed E-state index contributed by atoms with van der Waals surface area (Å²) < 4.78 is 0. The van der Waals surface area contributed by atoms with Crippen LogP contribution in [0.15, 0.2) is 67.3 Å². The molecule has 0 aliphatic rings. The molecule has 0 spiro atoms. The third kappa shape index (κ3) is 5.65. The number of hydrogen-bond donors (Lipinski definition) is 1. The lowest BCUT2D eigenvalue weighted by atomic mass is 10.0. The first-order chi connectivity index (χ1) is 8.76. The van der Waals surface area contributed by atoms with Gasteiger partial charge in [0.25, 0.3) is 0 Å². The third-order valence-corrected chi connectivity index (χ3v) is 2.97. The Morgan fingerprint density at radius 2 is 1.89 bits per heavy atom. The Kier molecular flexibility index (Phi) is 6.82. The molecule has 0 amide bonds. The van der Waals surface area contributed by atoms with Crippen LogP contribution in [0.1, 0.15) is 24.8 Å². The van der Waals surface area contributed by atoms with E-state index in [0.717, 1.165) is 31.3 Å². The van der Waals surface area contributed by atoms with Crippen LogP contribution >= 0.6 is 0 Å². The Hall–Kier alpha value is -1.60. The third-order valence-electron chi connectivity index (χ3n) is 2.97. The summed E-state index contributed by atoms with van der Waals surface area (Å²) in [6, 6.07) is 10.3. The molecule has 0 heterocycles. The average Bonchev–Trinajstić information content (AvgIpc) is 2.42. The van der Waals surface area contributed by atoms with Gasteiger partial charge in [-0.15, -0.1) is 0 Å². The summed E-state index contributed by atoms with van der Waals surface area (Å²) in [5.41, 5.74) is 2.41. The second-order valence-electron chi connectivity index (χ2n) is 4.40. The highest BCUT2D eigenvalue weighted by atomic mass is 16.3. The minimum Gasteiger partial charge on any atom is -0.393 e. The number of allylic oxidation sites excluding steroid dienone is 4. The first-order valence-electron chi connectivity index (χ1n) is 6.42. The van der Waals surface area contributed by atoms with Crippen LogP contribution in [0.25, 0.3) is 0 Å². The molecule has 1 heteroatoms. The highest BCUT2D eigenvalue weighted by Crippen LogP contribution is 2.13. The van der Waals surface area contributed by atoms with Crippen molar-refractivity contribution < 1.29 is 5.11 Å². The molecular weight excluding hydrogens is 220 g/mol. The van der Waals surface area contributed by atoms with Crippen molar-refractivity contribution >= 4 is 0 Å². The van der Waals surface area contributed by atoms with Gasteiger partial charge in [-0.3, -0.25) is 0 Å². The molecule has 1 aromatic rings. The van der Waals surface area contributed by atoms with Crippen LogP contribution in [-0.2, 0) is 6.42 Å². The number of hydrogen-bond acceptors (Lipinski definition) is 1. The van der Waals surface area contributed by atoms with Gasteiger partial charge in [0.2, 0.25) is 0 Å². The van der Waals surface area contributed by atoms with Crippen molar-refractivity contribution in [2.75, 3.05) is 0 Å². The van der Waals surface area contributed by atoms with Crippen molar-refractivity contribution in [1.29, 1.82) is 0 Å². The van der Waals surface area contributed by atoms with E-state index in [-0.39, 0.29) is 6.10 Å². The van der Waals surface area contributed by atoms with E-state index >= 15 is 0 Å². The average molecular weight is 242 g/mol. The monoisotopic (exact) mass is 242 g/mol. The quantitative estimate of drug-likeness (QED) is 0.682. The Bertz CT molecular complexity index is 389. The summed E-state index contributed by atoms with van der Waals surface area (Å²) in [5, 5.41) is 9.94. The van der Waals surface area contributed by atoms with Gasteiger partial charge in [-0.25, -0.2) is 0 Å². The van der Waals surface area contributed by atoms with Gasteiger partial charge in [0.1, 0.15) is 0 Å². The Balaban J connectivity index is 2.29. The fourth-order valence-corrected chi connectivity index (χ4v) is 1.86. The summed E-state index contributed by atoms with van der Waals surface area (Å²) in [7, 11) is 0. The van der Waals surface area contributed by atoms with E-state index < -0.39 is 0 Å². The van der Waals surface area contributed by atoms with Crippen LogP contribution in [0.3, 0.4) is 0 Å². The molecule has 1 N–H and O–H groups in total. The number of benzene rings is 1. The zero-order valence-corrected chi connectivity index (χ0v) is 10.9. The highest BCUT2D eigenvalue weighted by molar-refractivity contribution is 5.21. The number of aryl methyl sites for hydroxylation is 1. The fourth-order valence-electron chi connectivity index (χ4n) is 1.86. The maximum atomic E-state index is 9.94. The molecule has 0 aliphatic carbocycles. The highest BCUT2D eigenvalue weighted by Gasteiger charge is 2.05. The second kappa shape index (κ2) is 8.48. The molecule has 0 aliphatic heterocycles. The van der Waals surface area contributed by atoms with Crippen molar-refractivity contribution in [3.63, 3.8) is 0 Å². The molecule has 0 radical (unpaired) electrons. The van der Waals surface area contributed by atoms with Gasteiger partial charge in [0, 0.05) is 0 Å². The Labute approximate surface area is 110 Å². The topological polar surface area (TPSA) is 20.2 Å². The smallest absolute Gasteiger partial charge is 0.0546 e. The van der Waals surface area contributed by atoms with Gasteiger partial charge in [0.15, 0.2) is 0 Å². The molecule has 1 unspecified atom stereocenters. The second-order valence-corrected chi connectivity index (χ2v) is 4.40. The van der Waals surface area contributed by atoms with E-state index in [4.69, 9.17) is 0 Å². The van der Waals surface area contributed by atoms with E-state index in [0.29, 0.717) is 0 Å². The predicted molar refractivity (Wildman–Crippen MR) is 78.5 cm³/mol. The lowest BCUT2D eigenvalue weighted by molar-refractivity contribution is 0.155. The fraction of sp³-hybridized carbons (Fsp3) is 0.294. The lowest BCUT2D eigenvalue weighted by Gasteiger charge is -2.10. The molecule has 18 heavy (non-hydrogen) atoms. The normalized spacial score (nSPS) is 13.1. The molecule has 1 aromatic carbocycles. The minimum absolute atomic E-state index is 0.252. The van der Waals surface area contributed by atoms with Gasteiger partial charge < -0.3 is 5.11 Å². The molecule has 1 rings (SSSR count). The first-order valence-corrected chi connectivity index (χ1v) is 6.42. The summed E-state index contributed by atoms with van der Waals surface area (Å²) in [6.07, 6.45) is 8.64. The zero-order chi connectivity index (χ0) is 13.2. The number of aliphatic hydroxyl groups excluding tert-OH is 1. The standard InChI is InChI=1S/C17H22O/c1-3-8-15(4-2)11-13-17(18)14-12-16-9-6-5-7-10-16/h3-10,17-18H,1-2,11-14H2/b15-8+. The maximum Gasteiger partial charge on any atom is 0.0546 e. The van der Waals surface area contributed by atoms with Gasteiger partial charge >= 0.3 is 0 Å². The zero-order valence-electron chi connectivity index (χ0n) is 10.9. The van der Waals surface area contributed by atoms with Crippen molar-refractivity contribution in [2.24, 2.45) is 0 Å². The molecular formula is C17H22O. The van der Waals surface area contributed by atoms with Crippen LogP contribution in [0.5, 0.6) is 0 Å². The van der Waals surface area contributed by atoms with Gasteiger partial charge in [0.05, 0.1) is 6.10 Å². The molecule has 0 bridgehead atoms. The minimum atomic E-state index is -0.252. The van der Waals surface area contributed by atoms with Crippen LogP contribution in [0.2, 0.25) is 0 Å². The van der Waals surface area contributed by atoms with Crippen LogP contribution in [0, 0.1) is 0 Å². The largest absolute Gasteiger partial charge is 0.393 e. The van der Waals surface area contributed by atoms with E-state index in [9.17, 15) is 5.11 Å². The van der Waals surface area contributed by atoms with Gasteiger partial charge in [-0.2, -0.15) is 0 Å². The van der Waals surface area contributed by atoms with Crippen molar-refractivity contribution in [3.05, 3.63) is 72.9 Å². The van der Waals surface area contributed by atoms with Crippen LogP contribution in [0.4, 0.5) is 0 Å². The molecule has 96 valence electrons. The van der Waals surface area contributed by atoms with Crippen LogP contribution in [-0.4, -0.2) is 11.2 Å². The lowest BCUT2D eigenvalue weighted by Crippen LogP contribution is -2.08. The van der Waals surface area contributed by atoms with Gasteiger partial charge in [-0.05, 0) is 36.8 Å². The molecule has 0 fully saturated rings. The summed E-state index contributed by atoms with van der Waals surface area (Å²) in [5.74, 6) is 0. The number of aliphatic hydroxyl groups is 1. The van der Waals surface area contributed by atoms with Crippen LogP contribution < -0.4 is 0 Å². The summed E-state index contributed by atoms with van der Waals surface area (Å²) in [6.45, 7) is 7.42. The molecule has 0 saturated heterocycles.